The zero-order chi connectivity index (χ0) is 15.9. The summed E-state index contributed by atoms with van der Waals surface area (Å²) < 4.78 is 39.8. The third-order valence-electron chi connectivity index (χ3n) is 3.24. The first-order valence-electron chi connectivity index (χ1n) is 6.17. The van der Waals surface area contributed by atoms with Crippen molar-refractivity contribution in [2.24, 2.45) is 0 Å². The summed E-state index contributed by atoms with van der Waals surface area (Å²) in [6.07, 6.45) is 1.11. The molecule has 0 amide bonds. The summed E-state index contributed by atoms with van der Waals surface area (Å²) in [6, 6.07) is 10.6. The molecule has 0 saturated heterocycles. The van der Waals surface area contributed by atoms with Crippen LogP contribution in [-0.4, -0.2) is 17.3 Å². The van der Waals surface area contributed by atoms with Crippen LogP contribution in [0.25, 0.3) is 10.9 Å². The maximum atomic E-state index is 13.8. The van der Waals surface area contributed by atoms with Gasteiger partial charge in [-0.25, -0.2) is 16.8 Å². The van der Waals surface area contributed by atoms with E-state index in [2.05, 4.69) is 0 Å². The molecule has 2 aromatic carbocycles. The van der Waals surface area contributed by atoms with Crippen LogP contribution in [0.1, 0.15) is 0 Å². The molecule has 0 radical (unpaired) electrons. The van der Waals surface area contributed by atoms with E-state index in [-0.39, 0.29) is 15.8 Å². The number of nitro benzene ring substituents is 1. The van der Waals surface area contributed by atoms with Gasteiger partial charge in [0.15, 0.2) is 0 Å². The fraction of sp³-hybridized carbons (Fsp3) is 0. The van der Waals surface area contributed by atoms with Gasteiger partial charge in [0.2, 0.25) is 0 Å². The van der Waals surface area contributed by atoms with Crippen LogP contribution in [0.4, 0.5) is 10.1 Å². The van der Waals surface area contributed by atoms with E-state index in [0.717, 1.165) is 22.3 Å². The molecular formula is C14H9FN2O4S. The highest BCUT2D eigenvalue weighted by atomic mass is 32.2. The number of non-ortho nitro benzene ring substituents is 1. The molecule has 0 aliphatic rings. The normalized spacial score (nSPS) is 11.7. The molecule has 22 heavy (non-hydrogen) atoms. The molecule has 0 fully saturated rings. The summed E-state index contributed by atoms with van der Waals surface area (Å²) in [4.78, 5) is 10.3. The van der Waals surface area contributed by atoms with Gasteiger partial charge in [-0.3, -0.25) is 10.1 Å². The molecule has 112 valence electrons. The number of hydrogen-bond donors (Lipinski definition) is 0. The van der Waals surface area contributed by atoms with Crippen molar-refractivity contribution >= 4 is 26.6 Å². The molecule has 0 spiro atoms. The maximum absolute atomic E-state index is 13.8. The molecule has 1 aromatic heterocycles. The van der Waals surface area contributed by atoms with Crippen LogP contribution in [0.3, 0.4) is 0 Å². The lowest BCUT2D eigenvalue weighted by molar-refractivity contribution is -0.383. The van der Waals surface area contributed by atoms with Gasteiger partial charge in [-0.15, -0.1) is 0 Å². The van der Waals surface area contributed by atoms with Gasteiger partial charge in [0, 0.05) is 17.6 Å². The third kappa shape index (κ3) is 2.04. The fourth-order valence-corrected chi connectivity index (χ4v) is 3.61. The van der Waals surface area contributed by atoms with Crippen molar-refractivity contribution < 1.29 is 17.7 Å². The Balaban J connectivity index is 2.38. The Morgan fingerprint density at radius 2 is 1.73 bits per heavy atom. The highest BCUT2D eigenvalue weighted by molar-refractivity contribution is 7.90. The first-order chi connectivity index (χ1) is 10.4. The number of halogens is 1. The van der Waals surface area contributed by atoms with Crippen LogP contribution in [0.15, 0.2) is 59.6 Å². The largest absolute Gasteiger partial charge is 0.294 e. The predicted octanol–water partition coefficient (Wildman–Crippen LogP) is 2.93. The molecule has 0 atom stereocenters. The number of benzene rings is 2. The standard InChI is InChI=1S/C14H9FN2O4S/c15-12-6-7-13(17(18)19)14-11(12)8-9-16(14)22(20,21)10-4-2-1-3-5-10/h1-9H. The molecule has 8 heteroatoms. The summed E-state index contributed by atoms with van der Waals surface area (Å²) in [5.41, 5.74) is -0.755. The van der Waals surface area contributed by atoms with E-state index in [9.17, 15) is 22.9 Å². The van der Waals surface area contributed by atoms with Crippen molar-refractivity contribution in [3.8, 4) is 0 Å². The second-order valence-electron chi connectivity index (χ2n) is 4.52. The van der Waals surface area contributed by atoms with Crippen molar-refractivity contribution in [2.45, 2.75) is 4.90 Å². The molecule has 3 rings (SSSR count). The molecule has 0 aliphatic heterocycles. The average Bonchev–Trinajstić information content (AvgIpc) is 2.94. The lowest BCUT2D eigenvalue weighted by Gasteiger charge is -2.07. The smallest absolute Gasteiger partial charge is 0.258 e. The summed E-state index contributed by atoms with van der Waals surface area (Å²) in [5, 5.41) is 11.0. The molecule has 0 aliphatic carbocycles. The number of hydrogen-bond acceptors (Lipinski definition) is 4. The van der Waals surface area contributed by atoms with Crippen molar-refractivity contribution in [2.75, 3.05) is 0 Å². The lowest BCUT2D eigenvalue weighted by atomic mass is 10.2. The second kappa shape index (κ2) is 4.92. The summed E-state index contributed by atoms with van der Waals surface area (Å²) >= 11 is 0. The summed E-state index contributed by atoms with van der Waals surface area (Å²) in [7, 11) is -4.05. The third-order valence-corrected chi connectivity index (χ3v) is 4.93. The van der Waals surface area contributed by atoms with Gasteiger partial charge in [-0.2, -0.15) is 0 Å². The number of aromatic nitrogens is 1. The van der Waals surface area contributed by atoms with E-state index in [0.29, 0.717) is 0 Å². The highest BCUT2D eigenvalue weighted by Crippen LogP contribution is 2.31. The molecule has 0 bridgehead atoms. The van der Waals surface area contributed by atoms with Gasteiger partial charge >= 0.3 is 0 Å². The summed E-state index contributed by atoms with van der Waals surface area (Å²) in [6.45, 7) is 0. The summed E-state index contributed by atoms with van der Waals surface area (Å²) in [5.74, 6) is -0.720. The Morgan fingerprint density at radius 3 is 2.36 bits per heavy atom. The Hall–Kier alpha value is -2.74. The highest BCUT2D eigenvalue weighted by Gasteiger charge is 2.25. The van der Waals surface area contributed by atoms with Crippen molar-refractivity contribution in [3.05, 3.63) is 70.7 Å². The Bertz CT molecular complexity index is 981. The zero-order valence-electron chi connectivity index (χ0n) is 11.0. The van der Waals surface area contributed by atoms with Crippen molar-refractivity contribution in [3.63, 3.8) is 0 Å². The Morgan fingerprint density at radius 1 is 1.05 bits per heavy atom. The Labute approximate surface area is 124 Å². The van der Waals surface area contributed by atoms with Crippen LogP contribution in [0.2, 0.25) is 0 Å². The van der Waals surface area contributed by atoms with E-state index in [1.165, 1.54) is 30.3 Å². The van der Waals surface area contributed by atoms with E-state index in [1.54, 1.807) is 6.07 Å². The molecule has 0 unspecified atom stereocenters. The number of fused-ring (bicyclic) bond motifs is 1. The van der Waals surface area contributed by atoms with Gasteiger partial charge in [-0.05, 0) is 24.3 Å². The molecule has 3 aromatic rings. The maximum Gasteiger partial charge on any atom is 0.294 e. The minimum Gasteiger partial charge on any atom is -0.258 e. The predicted molar refractivity (Wildman–Crippen MR) is 77.6 cm³/mol. The van der Waals surface area contributed by atoms with Gasteiger partial charge < -0.3 is 0 Å². The van der Waals surface area contributed by atoms with E-state index in [4.69, 9.17) is 0 Å². The topological polar surface area (TPSA) is 82.2 Å². The zero-order valence-corrected chi connectivity index (χ0v) is 11.8. The minimum absolute atomic E-state index is 0.0361. The van der Waals surface area contributed by atoms with Gasteiger partial charge in [-0.1, -0.05) is 18.2 Å². The molecule has 6 nitrogen and oxygen atoms in total. The van der Waals surface area contributed by atoms with Crippen LogP contribution in [0, 0.1) is 15.9 Å². The fourth-order valence-electron chi connectivity index (χ4n) is 2.23. The second-order valence-corrected chi connectivity index (χ2v) is 6.33. The first kappa shape index (κ1) is 14.2. The number of nitro groups is 1. The van der Waals surface area contributed by atoms with Gasteiger partial charge in [0.25, 0.3) is 15.7 Å². The van der Waals surface area contributed by atoms with E-state index < -0.39 is 26.5 Å². The monoisotopic (exact) mass is 320 g/mol. The lowest BCUT2D eigenvalue weighted by Crippen LogP contribution is -2.12. The molecular weight excluding hydrogens is 311 g/mol. The molecule has 1 heterocycles. The SMILES string of the molecule is O=[N+]([O-])c1ccc(F)c2ccn(S(=O)(=O)c3ccccc3)c12. The van der Waals surface area contributed by atoms with Crippen LogP contribution in [0.5, 0.6) is 0 Å². The van der Waals surface area contributed by atoms with Crippen molar-refractivity contribution in [1.29, 1.82) is 0 Å². The van der Waals surface area contributed by atoms with Crippen LogP contribution >= 0.6 is 0 Å². The van der Waals surface area contributed by atoms with Crippen molar-refractivity contribution in [1.82, 2.24) is 3.97 Å². The van der Waals surface area contributed by atoms with Crippen LogP contribution < -0.4 is 0 Å². The van der Waals surface area contributed by atoms with E-state index >= 15 is 0 Å². The first-order valence-corrected chi connectivity index (χ1v) is 7.61. The molecule has 0 N–H and O–H groups in total. The van der Waals surface area contributed by atoms with Crippen LogP contribution in [-0.2, 0) is 10.0 Å². The average molecular weight is 320 g/mol. The molecule has 0 saturated carbocycles. The quantitative estimate of drug-likeness (QED) is 0.549. The Kier molecular flexibility index (Phi) is 3.18. The van der Waals surface area contributed by atoms with Gasteiger partial charge in [0.05, 0.1) is 9.82 Å². The van der Waals surface area contributed by atoms with E-state index in [1.807, 2.05) is 0 Å². The van der Waals surface area contributed by atoms with Gasteiger partial charge in [0.1, 0.15) is 11.3 Å². The minimum atomic E-state index is -4.05. The number of rotatable bonds is 3. The number of nitrogens with zero attached hydrogens (tertiary/aromatic N) is 2.